The summed E-state index contributed by atoms with van der Waals surface area (Å²) in [6.07, 6.45) is -2.56. The minimum Gasteiger partial charge on any atom is -0.387 e. The van der Waals surface area contributed by atoms with Gasteiger partial charge < -0.3 is 10.2 Å². The molecule has 1 rings (SSSR count). The van der Waals surface area contributed by atoms with E-state index in [4.69, 9.17) is 11.3 Å². The van der Waals surface area contributed by atoms with Crippen LogP contribution in [0.25, 0.3) is 4.85 Å². The molecule has 4 nitrogen and oxygen atoms in total. The largest absolute Gasteiger partial charge is 0.387 e. The van der Waals surface area contributed by atoms with Crippen molar-refractivity contribution in [3.05, 3.63) is 11.4 Å². The first-order valence-electron chi connectivity index (χ1n) is 5.29. The van der Waals surface area contributed by atoms with E-state index in [1.807, 2.05) is 27.7 Å². The van der Waals surface area contributed by atoms with Gasteiger partial charge in [0.05, 0.1) is 12.0 Å². The molecule has 2 N–H and O–H groups in total. The zero-order chi connectivity index (χ0) is 11.8. The Labute approximate surface area is 90.7 Å². The Balaban J connectivity index is 3.01. The first kappa shape index (κ1) is 12.4. The molecule has 0 bridgehead atoms. The standard InChI is InChI=1S/C11H19NO3/c1-6(2)9-8(13)10(14)11(12-5,15-9)7(3)4/h6-10,13-14H,1-4H3. The average molecular weight is 213 g/mol. The van der Waals surface area contributed by atoms with Crippen molar-refractivity contribution >= 4 is 0 Å². The van der Waals surface area contributed by atoms with Gasteiger partial charge in [0, 0.05) is 0 Å². The SMILES string of the molecule is [C-]#[N+]C1(C(C)C)OC(C(C)C)C(O)C1O. The summed E-state index contributed by atoms with van der Waals surface area (Å²) < 4.78 is 5.59. The van der Waals surface area contributed by atoms with Crippen LogP contribution in [-0.2, 0) is 4.74 Å². The molecule has 1 aliphatic rings. The maximum atomic E-state index is 9.91. The maximum absolute atomic E-state index is 9.91. The molecule has 1 aliphatic heterocycles. The van der Waals surface area contributed by atoms with E-state index in [0.29, 0.717) is 0 Å². The summed E-state index contributed by atoms with van der Waals surface area (Å²) in [5.74, 6) is -0.0691. The fourth-order valence-electron chi connectivity index (χ4n) is 2.01. The number of hydrogen-bond acceptors (Lipinski definition) is 3. The Bertz CT molecular complexity index is 271. The lowest BCUT2D eigenvalue weighted by atomic mass is 9.91. The first-order valence-corrected chi connectivity index (χ1v) is 5.29. The average Bonchev–Trinajstić information content (AvgIpc) is 2.42. The number of aliphatic hydroxyl groups excluding tert-OH is 2. The summed E-state index contributed by atoms with van der Waals surface area (Å²) in [6.45, 7) is 14.6. The van der Waals surface area contributed by atoms with E-state index in [-0.39, 0.29) is 11.8 Å². The molecule has 0 aromatic heterocycles. The number of nitrogens with zero attached hydrogens (tertiary/aromatic N) is 1. The minimum absolute atomic E-state index is 0.0806. The first-order chi connectivity index (χ1) is 6.86. The molecule has 0 radical (unpaired) electrons. The van der Waals surface area contributed by atoms with E-state index in [0.717, 1.165) is 0 Å². The van der Waals surface area contributed by atoms with Crippen LogP contribution in [0.2, 0.25) is 0 Å². The molecule has 1 heterocycles. The summed E-state index contributed by atoms with van der Waals surface area (Å²) in [7, 11) is 0. The van der Waals surface area contributed by atoms with Crippen LogP contribution in [0.5, 0.6) is 0 Å². The van der Waals surface area contributed by atoms with Gasteiger partial charge in [0.1, 0.15) is 6.10 Å². The molecular weight excluding hydrogens is 194 g/mol. The van der Waals surface area contributed by atoms with Gasteiger partial charge in [-0.25, -0.2) is 6.57 Å². The number of rotatable bonds is 2. The normalized spacial score (nSPS) is 41.1. The van der Waals surface area contributed by atoms with Crippen molar-refractivity contribution < 1.29 is 14.9 Å². The highest BCUT2D eigenvalue weighted by atomic mass is 16.6. The minimum atomic E-state index is -1.28. The third kappa shape index (κ3) is 1.76. The Morgan fingerprint density at radius 2 is 1.80 bits per heavy atom. The van der Waals surface area contributed by atoms with Crippen molar-refractivity contribution in [1.29, 1.82) is 0 Å². The molecule has 4 atom stereocenters. The van der Waals surface area contributed by atoms with Crippen molar-refractivity contribution in [2.45, 2.75) is 51.7 Å². The molecule has 4 unspecified atom stereocenters. The molecule has 86 valence electrons. The van der Waals surface area contributed by atoms with E-state index >= 15 is 0 Å². The predicted molar refractivity (Wildman–Crippen MR) is 55.9 cm³/mol. The fourth-order valence-corrected chi connectivity index (χ4v) is 2.01. The summed E-state index contributed by atoms with van der Waals surface area (Å²) in [5, 5.41) is 19.7. The summed E-state index contributed by atoms with van der Waals surface area (Å²) in [4.78, 5) is 3.40. The molecule has 15 heavy (non-hydrogen) atoms. The Hall–Kier alpha value is -0.630. The molecule has 0 amide bonds. The number of aliphatic hydroxyl groups is 2. The fraction of sp³-hybridized carbons (Fsp3) is 0.909. The van der Waals surface area contributed by atoms with Crippen LogP contribution in [0.1, 0.15) is 27.7 Å². The Morgan fingerprint density at radius 1 is 1.27 bits per heavy atom. The van der Waals surface area contributed by atoms with E-state index in [2.05, 4.69) is 4.85 Å². The van der Waals surface area contributed by atoms with E-state index in [9.17, 15) is 10.2 Å². The van der Waals surface area contributed by atoms with Crippen molar-refractivity contribution in [2.24, 2.45) is 11.8 Å². The van der Waals surface area contributed by atoms with Gasteiger partial charge in [0.2, 0.25) is 0 Å². The van der Waals surface area contributed by atoms with Crippen molar-refractivity contribution in [2.75, 3.05) is 0 Å². The highest BCUT2D eigenvalue weighted by Crippen LogP contribution is 2.40. The van der Waals surface area contributed by atoms with Gasteiger partial charge in [-0.05, 0) is 5.92 Å². The van der Waals surface area contributed by atoms with Crippen molar-refractivity contribution in [3.63, 3.8) is 0 Å². The summed E-state index contributed by atoms with van der Waals surface area (Å²) >= 11 is 0. The summed E-state index contributed by atoms with van der Waals surface area (Å²) in [6, 6.07) is 0. The van der Waals surface area contributed by atoms with Gasteiger partial charge in [-0.3, -0.25) is 9.58 Å². The lowest BCUT2D eigenvalue weighted by Gasteiger charge is -2.23. The van der Waals surface area contributed by atoms with E-state index < -0.39 is 24.0 Å². The second-order valence-electron chi connectivity index (χ2n) is 4.78. The second-order valence-corrected chi connectivity index (χ2v) is 4.78. The van der Waals surface area contributed by atoms with Crippen LogP contribution < -0.4 is 0 Å². The molecule has 4 heteroatoms. The van der Waals surface area contributed by atoms with Gasteiger partial charge in [0.15, 0.2) is 6.10 Å². The summed E-state index contributed by atoms with van der Waals surface area (Å²) in [5.41, 5.74) is -1.28. The quantitative estimate of drug-likeness (QED) is 0.674. The third-order valence-electron chi connectivity index (χ3n) is 3.07. The topological polar surface area (TPSA) is 54.0 Å². The van der Waals surface area contributed by atoms with Crippen LogP contribution in [0.4, 0.5) is 0 Å². The van der Waals surface area contributed by atoms with Gasteiger partial charge in [-0.15, -0.1) is 0 Å². The molecule has 0 aromatic carbocycles. The third-order valence-corrected chi connectivity index (χ3v) is 3.07. The highest BCUT2D eigenvalue weighted by molar-refractivity contribution is 5.09. The molecule has 1 fully saturated rings. The molecular formula is C11H19NO3. The van der Waals surface area contributed by atoms with Gasteiger partial charge in [-0.2, -0.15) is 0 Å². The Kier molecular flexibility index (Phi) is 3.39. The van der Waals surface area contributed by atoms with Crippen molar-refractivity contribution in [3.8, 4) is 0 Å². The maximum Gasteiger partial charge on any atom is 0.368 e. The zero-order valence-electron chi connectivity index (χ0n) is 9.64. The molecule has 0 aromatic rings. The lowest BCUT2D eigenvalue weighted by Crippen LogP contribution is -2.44. The van der Waals surface area contributed by atoms with Gasteiger partial charge in [0.25, 0.3) is 0 Å². The Morgan fingerprint density at radius 3 is 2.00 bits per heavy atom. The van der Waals surface area contributed by atoms with Crippen LogP contribution >= 0.6 is 0 Å². The van der Waals surface area contributed by atoms with Gasteiger partial charge >= 0.3 is 5.72 Å². The monoisotopic (exact) mass is 213 g/mol. The van der Waals surface area contributed by atoms with E-state index in [1.165, 1.54) is 0 Å². The number of ether oxygens (including phenoxy) is 1. The molecule has 0 spiro atoms. The van der Waals surface area contributed by atoms with Crippen molar-refractivity contribution in [1.82, 2.24) is 0 Å². The van der Waals surface area contributed by atoms with Crippen LogP contribution in [0, 0.1) is 18.4 Å². The van der Waals surface area contributed by atoms with Crippen LogP contribution in [-0.4, -0.2) is 34.2 Å². The predicted octanol–water partition coefficient (Wildman–Crippen LogP) is 1.03. The molecule has 0 saturated carbocycles. The zero-order valence-corrected chi connectivity index (χ0v) is 9.64. The van der Waals surface area contributed by atoms with Crippen LogP contribution in [0.3, 0.4) is 0 Å². The highest BCUT2D eigenvalue weighted by Gasteiger charge is 2.62. The molecule has 0 aliphatic carbocycles. The van der Waals surface area contributed by atoms with Crippen LogP contribution in [0.15, 0.2) is 0 Å². The van der Waals surface area contributed by atoms with Gasteiger partial charge in [-0.1, -0.05) is 27.7 Å². The lowest BCUT2D eigenvalue weighted by molar-refractivity contribution is -0.0887. The molecule has 1 saturated heterocycles. The van der Waals surface area contributed by atoms with E-state index in [1.54, 1.807) is 0 Å². The smallest absolute Gasteiger partial charge is 0.368 e. The number of hydrogen-bond donors (Lipinski definition) is 2. The second kappa shape index (κ2) is 4.09.